The van der Waals surface area contributed by atoms with Crippen molar-refractivity contribution >= 4 is 17.8 Å². The smallest absolute Gasteiger partial charge is 0.309 e. The number of carbonyl (C=O) groups excluding carboxylic acids is 1. The van der Waals surface area contributed by atoms with E-state index in [1.807, 2.05) is 24.3 Å². The molecular weight excluding hydrogens is 520 g/mol. The average Bonchev–Trinajstić information content (AvgIpc) is 3.34. The number of fused-ring (bicyclic) bond motifs is 7. The molecule has 42 heavy (non-hydrogen) atoms. The van der Waals surface area contributed by atoms with E-state index in [2.05, 4.69) is 54.2 Å². The van der Waals surface area contributed by atoms with Crippen LogP contribution >= 0.6 is 0 Å². The third kappa shape index (κ3) is 3.71. The first-order valence-electron chi connectivity index (χ1n) is 16.4. The van der Waals surface area contributed by atoms with E-state index in [0.29, 0.717) is 29.5 Å². The molecule has 1 N–H and O–H groups in total. The molecule has 5 unspecified atom stereocenters. The van der Waals surface area contributed by atoms with E-state index >= 15 is 0 Å². The predicted molar refractivity (Wildman–Crippen MR) is 168 cm³/mol. The van der Waals surface area contributed by atoms with Crippen LogP contribution in [0.2, 0.25) is 0 Å². The molecule has 228 valence electrons. The number of carboxylic acid groups (broad SMARTS) is 1. The Labute approximate surface area is 253 Å². The van der Waals surface area contributed by atoms with Gasteiger partial charge >= 0.3 is 5.97 Å². The Morgan fingerprint density at radius 2 is 1.67 bits per heavy atom. The third-order valence-electron chi connectivity index (χ3n) is 14.5. The second-order valence-electron chi connectivity index (χ2n) is 16.3. The number of para-hydroxylation sites is 1. The Morgan fingerprint density at radius 1 is 0.952 bits per heavy atom. The van der Waals surface area contributed by atoms with E-state index in [1.54, 1.807) is 7.11 Å². The molecule has 5 aliphatic carbocycles. The normalized spacial score (nSPS) is 44.9. The highest BCUT2D eigenvalue weighted by atomic mass is 16.5. The molecule has 0 amide bonds. The number of hydrogen-bond donors (Lipinski definition) is 1. The van der Waals surface area contributed by atoms with Crippen molar-refractivity contribution in [3.8, 4) is 5.75 Å². The summed E-state index contributed by atoms with van der Waals surface area (Å²) in [5.41, 5.74) is 2.23. The van der Waals surface area contributed by atoms with E-state index in [-0.39, 0.29) is 22.2 Å². The van der Waals surface area contributed by atoms with Crippen LogP contribution in [0.3, 0.4) is 0 Å². The van der Waals surface area contributed by atoms with Crippen molar-refractivity contribution < 1.29 is 19.4 Å². The van der Waals surface area contributed by atoms with Crippen LogP contribution in [-0.4, -0.2) is 24.0 Å². The minimum atomic E-state index is -0.595. The zero-order chi connectivity index (χ0) is 30.5. The van der Waals surface area contributed by atoms with Gasteiger partial charge in [0.2, 0.25) is 0 Å². The van der Waals surface area contributed by atoms with Crippen molar-refractivity contribution in [2.75, 3.05) is 7.11 Å². The Hall–Kier alpha value is -2.36. The van der Waals surface area contributed by atoms with Crippen molar-refractivity contribution in [3.05, 3.63) is 47.6 Å². The van der Waals surface area contributed by atoms with Gasteiger partial charge in [-0.1, -0.05) is 65.0 Å². The maximum atomic E-state index is 14.1. The standard InChI is InChI=1S/C38H52O4/c1-23(2)26-15-18-38(33(40)41)20-19-36(6)27(31(26)38)13-14-30-35(5)22-25(21-24-11-9-10-12-28(24)42-8)32(39)34(3,4)29(35)16-17-37(30,36)7/h9-12,21,26-27,29-31H,1,13-20,22H2,2-8H3,(H,40,41)/b25-21+/t26-,27?,29?,30?,31?,35-,36+,37+,38?/m0/s1. The first-order valence-corrected chi connectivity index (χ1v) is 16.4. The summed E-state index contributed by atoms with van der Waals surface area (Å²) in [5.74, 6) is 2.23. The van der Waals surface area contributed by atoms with Gasteiger partial charge in [0.1, 0.15) is 5.75 Å². The largest absolute Gasteiger partial charge is 0.496 e. The molecule has 6 rings (SSSR count). The Morgan fingerprint density at radius 3 is 2.33 bits per heavy atom. The van der Waals surface area contributed by atoms with Gasteiger partial charge in [0, 0.05) is 11.0 Å². The molecule has 4 nitrogen and oxygen atoms in total. The van der Waals surface area contributed by atoms with Crippen molar-refractivity contribution in [1.29, 1.82) is 0 Å². The number of Topliss-reactive ketones (excluding diaryl/α,β-unsaturated/α-hetero) is 1. The van der Waals surface area contributed by atoms with Gasteiger partial charge in [-0.25, -0.2) is 0 Å². The van der Waals surface area contributed by atoms with Crippen LogP contribution in [0.4, 0.5) is 0 Å². The third-order valence-corrected chi connectivity index (χ3v) is 14.5. The zero-order valence-electron chi connectivity index (χ0n) is 27.0. The molecule has 0 aromatic heterocycles. The minimum absolute atomic E-state index is 0.00297. The Kier molecular flexibility index (Phi) is 6.77. The summed E-state index contributed by atoms with van der Waals surface area (Å²) in [7, 11) is 1.69. The van der Waals surface area contributed by atoms with Crippen LogP contribution in [0.15, 0.2) is 42.0 Å². The summed E-state index contributed by atoms with van der Waals surface area (Å²) >= 11 is 0. The number of hydrogen-bond acceptors (Lipinski definition) is 3. The molecule has 1 aromatic rings. The van der Waals surface area contributed by atoms with Gasteiger partial charge in [-0.2, -0.15) is 0 Å². The van der Waals surface area contributed by atoms with Crippen LogP contribution < -0.4 is 4.74 Å². The van der Waals surface area contributed by atoms with Crippen LogP contribution in [-0.2, 0) is 9.59 Å². The van der Waals surface area contributed by atoms with Crippen molar-refractivity contribution in [2.24, 2.45) is 56.7 Å². The van der Waals surface area contributed by atoms with E-state index in [0.717, 1.165) is 74.7 Å². The molecule has 1 aromatic carbocycles. The topological polar surface area (TPSA) is 63.6 Å². The lowest BCUT2D eigenvalue weighted by molar-refractivity contribution is -0.231. The van der Waals surface area contributed by atoms with Gasteiger partial charge in [-0.3, -0.25) is 9.59 Å². The number of carboxylic acids is 1. The second kappa shape index (κ2) is 9.57. The van der Waals surface area contributed by atoms with Gasteiger partial charge in [-0.05, 0) is 128 Å². The summed E-state index contributed by atoms with van der Waals surface area (Å²) in [5, 5.41) is 10.7. The zero-order valence-corrected chi connectivity index (χ0v) is 27.0. The minimum Gasteiger partial charge on any atom is -0.496 e. The first kappa shape index (κ1) is 29.7. The van der Waals surface area contributed by atoms with Gasteiger partial charge in [0.25, 0.3) is 0 Å². The number of benzene rings is 1. The average molecular weight is 573 g/mol. The first-order chi connectivity index (χ1) is 19.7. The molecule has 9 atom stereocenters. The Bertz CT molecular complexity index is 1350. The molecule has 5 saturated carbocycles. The molecular formula is C38H52O4. The molecule has 5 fully saturated rings. The number of ether oxygens (including phenoxy) is 1. The Balaban J connectivity index is 1.42. The lowest BCUT2D eigenvalue weighted by Crippen LogP contribution is -2.67. The number of carbonyl (C=O) groups is 2. The molecule has 0 aliphatic heterocycles. The maximum Gasteiger partial charge on any atom is 0.309 e. The molecule has 0 saturated heterocycles. The second-order valence-corrected chi connectivity index (χ2v) is 16.3. The van der Waals surface area contributed by atoms with Crippen LogP contribution in [0.1, 0.15) is 105 Å². The molecule has 0 spiro atoms. The number of ketones is 1. The summed E-state index contributed by atoms with van der Waals surface area (Å²) in [6.45, 7) is 18.5. The number of rotatable bonds is 4. The fourth-order valence-corrected chi connectivity index (χ4v) is 12.5. The summed E-state index contributed by atoms with van der Waals surface area (Å²) < 4.78 is 5.66. The quantitative estimate of drug-likeness (QED) is 0.289. The SMILES string of the molecule is C=C(C)[C@@H]1CCC2(C(=O)O)CC[C@]3(C)C(CCC4[C@@]5(C)C/C(=C\c6ccccc6OC)C(=O)C(C)(C)C5CC[C@]43C)C12. The number of allylic oxidation sites excluding steroid dienone is 2. The van der Waals surface area contributed by atoms with Gasteiger partial charge in [0.05, 0.1) is 12.5 Å². The van der Waals surface area contributed by atoms with Crippen molar-refractivity contribution in [1.82, 2.24) is 0 Å². The fourth-order valence-electron chi connectivity index (χ4n) is 12.5. The predicted octanol–water partition coefficient (Wildman–Crippen LogP) is 9.00. The summed E-state index contributed by atoms with van der Waals surface area (Å²) in [6, 6.07) is 8.01. The van der Waals surface area contributed by atoms with Crippen LogP contribution in [0.25, 0.3) is 6.08 Å². The van der Waals surface area contributed by atoms with E-state index < -0.39 is 16.8 Å². The maximum absolute atomic E-state index is 14.1. The van der Waals surface area contributed by atoms with E-state index in [4.69, 9.17) is 4.74 Å². The number of aliphatic carboxylic acids is 1. The molecule has 5 aliphatic rings. The van der Waals surface area contributed by atoms with Gasteiger partial charge in [-0.15, -0.1) is 0 Å². The van der Waals surface area contributed by atoms with Crippen molar-refractivity contribution in [2.45, 2.75) is 99.3 Å². The summed E-state index contributed by atoms with van der Waals surface area (Å²) in [6.07, 6.45) is 10.8. The van der Waals surface area contributed by atoms with E-state index in [1.165, 1.54) is 5.57 Å². The summed E-state index contributed by atoms with van der Waals surface area (Å²) in [4.78, 5) is 27.1. The highest BCUT2D eigenvalue weighted by Crippen LogP contribution is 2.77. The number of methoxy groups -OCH3 is 1. The monoisotopic (exact) mass is 572 g/mol. The van der Waals surface area contributed by atoms with Crippen molar-refractivity contribution in [3.63, 3.8) is 0 Å². The molecule has 4 heteroatoms. The molecule has 0 heterocycles. The molecule has 0 radical (unpaired) electrons. The fraction of sp³-hybridized carbons (Fsp3) is 0.684. The molecule has 0 bridgehead atoms. The van der Waals surface area contributed by atoms with Crippen LogP contribution in [0.5, 0.6) is 5.75 Å². The highest BCUT2D eigenvalue weighted by Gasteiger charge is 2.72. The highest BCUT2D eigenvalue weighted by molar-refractivity contribution is 6.04. The van der Waals surface area contributed by atoms with E-state index in [9.17, 15) is 14.7 Å². The van der Waals surface area contributed by atoms with Gasteiger partial charge in [0.15, 0.2) is 5.78 Å². The van der Waals surface area contributed by atoms with Gasteiger partial charge < -0.3 is 9.84 Å². The lowest BCUT2D eigenvalue weighted by Gasteiger charge is -2.72. The lowest BCUT2D eigenvalue weighted by atomic mass is 9.32. The van der Waals surface area contributed by atoms with Crippen LogP contribution in [0, 0.1) is 56.7 Å².